The van der Waals surface area contributed by atoms with Gasteiger partial charge in [0.15, 0.2) is 5.78 Å². The number of Topliss-reactive ketones (excluding diaryl/α,β-unsaturated/α-hetero) is 1. The zero-order valence-corrected chi connectivity index (χ0v) is 14.0. The van der Waals surface area contributed by atoms with Crippen molar-refractivity contribution >= 4 is 27.3 Å². The Bertz CT molecular complexity index is 895. The topological polar surface area (TPSA) is 23.6 Å². The van der Waals surface area contributed by atoms with E-state index in [2.05, 4.69) is 53.2 Å². The van der Waals surface area contributed by atoms with E-state index in [1.165, 1.54) is 10.8 Å². The molecule has 0 bridgehead atoms. The van der Waals surface area contributed by atoms with Crippen molar-refractivity contribution < 1.29 is 4.79 Å². The number of benzene rings is 3. The van der Waals surface area contributed by atoms with Crippen LogP contribution in [0, 0.1) is 0 Å². The van der Waals surface area contributed by atoms with Gasteiger partial charge in [-0.05, 0) is 40.7 Å². The van der Waals surface area contributed by atoms with Crippen LogP contribution >= 0.6 is 0 Å². The first kappa shape index (κ1) is 15.3. The number of carbonyl (C=O) groups is 1. The number of rotatable bonds is 3. The maximum absolute atomic E-state index is 12.9. The molecule has 0 N–H and O–H groups in total. The maximum atomic E-state index is 12.9. The van der Waals surface area contributed by atoms with E-state index in [1.807, 2.05) is 18.2 Å². The molecular weight excluding hydrogens is 296 g/mol. The first-order valence-electron chi connectivity index (χ1n) is 8.56. The smallest absolute Gasteiger partial charge is 0.177 e. The van der Waals surface area contributed by atoms with E-state index in [9.17, 15) is 4.79 Å². The summed E-state index contributed by atoms with van der Waals surface area (Å²) in [7, 11) is 2.13. The van der Waals surface area contributed by atoms with Gasteiger partial charge < -0.3 is 4.90 Å². The minimum absolute atomic E-state index is 0.223. The van der Waals surface area contributed by atoms with Crippen molar-refractivity contribution in [1.29, 1.82) is 0 Å². The van der Waals surface area contributed by atoms with Gasteiger partial charge >= 0.3 is 0 Å². The lowest BCUT2D eigenvalue weighted by Gasteiger charge is -2.31. The molecule has 0 atom stereocenters. The Morgan fingerprint density at radius 2 is 1.54 bits per heavy atom. The molecule has 1 heterocycles. The zero-order valence-electron chi connectivity index (χ0n) is 14.0. The van der Waals surface area contributed by atoms with Gasteiger partial charge in [0.1, 0.15) is 0 Å². The van der Waals surface area contributed by atoms with E-state index in [-0.39, 0.29) is 5.78 Å². The van der Waals surface area contributed by atoms with Crippen LogP contribution in [0.2, 0.25) is 0 Å². The fraction of sp³-hybridized carbons (Fsp3) is 0.286. The van der Waals surface area contributed by atoms with Crippen LogP contribution in [-0.4, -0.2) is 55.4 Å². The van der Waals surface area contributed by atoms with Gasteiger partial charge in [-0.25, -0.2) is 0 Å². The molecule has 1 aliphatic rings. The molecule has 1 saturated heterocycles. The summed E-state index contributed by atoms with van der Waals surface area (Å²) in [6.07, 6.45) is 0. The summed E-state index contributed by atoms with van der Waals surface area (Å²) in [4.78, 5) is 17.5. The van der Waals surface area contributed by atoms with Crippen LogP contribution < -0.4 is 0 Å². The second kappa shape index (κ2) is 6.34. The van der Waals surface area contributed by atoms with Crippen molar-refractivity contribution in [1.82, 2.24) is 9.80 Å². The van der Waals surface area contributed by atoms with Gasteiger partial charge in [0.2, 0.25) is 0 Å². The highest BCUT2D eigenvalue weighted by Gasteiger charge is 2.18. The van der Waals surface area contributed by atoms with Crippen LogP contribution in [0.25, 0.3) is 21.5 Å². The fourth-order valence-electron chi connectivity index (χ4n) is 3.50. The summed E-state index contributed by atoms with van der Waals surface area (Å²) in [5.41, 5.74) is 0.845. The summed E-state index contributed by atoms with van der Waals surface area (Å²) in [5, 5.41) is 4.60. The largest absolute Gasteiger partial charge is 0.304 e. The molecule has 0 unspecified atom stereocenters. The molecule has 3 aromatic rings. The second-order valence-corrected chi connectivity index (χ2v) is 6.73. The molecule has 24 heavy (non-hydrogen) atoms. The van der Waals surface area contributed by atoms with Crippen molar-refractivity contribution in [3.63, 3.8) is 0 Å². The number of likely N-dealkylation sites (N-methyl/N-ethyl adjacent to an activating group) is 1. The molecule has 1 aliphatic heterocycles. The summed E-state index contributed by atoms with van der Waals surface area (Å²) >= 11 is 0. The summed E-state index contributed by atoms with van der Waals surface area (Å²) in [6.45, 7) is 4.52. The third kappa shape index (κ3) is 2.93. The van der Waals surface area contributed by atoms with Gasteiger partial charge in [-0.3, -0.25) is 9.69 Å². The number of nitrogens with zero attached hydrogens (tertiary/aromatic N) is 2. The molecule has 0 aliphatic carbocycles. The SMILES string of the molecule is CN1CCN(CC(=O)c2cccc3cc4ccccc4cc23)CC1. The van der Waals surface area contributed by atoms with Crippen molar-refractivity contribution in [2.45, 2.75) is 0 Å². The van der Waals surface area contributed by atoms with E-state index >= 15 is 0 Å². The van der Waals surface area contributed by atoms with E-state index in [4.69, 9.17) is 0 Å². The Morgan fingerprint density at radius 1 is 0.875 bits per heavy atom. The Kier molecular flexibility index (Phi) is 4.05. The molecule has 3 nitrogen and oxygen atoms in total. The third-order valence-corrected chi connectivity index (χ3v) is 5.01. The molecular formula is C21H22N2O. The average Bonchev–Trinajstić information content (AvgIpc) is 2.61. The first-order valence-corrected chi connectivity index (χ1v) is 8.56. The molecule has 0 radical (unpaired) electrons. The lowest BCUT2D eigenvalue weighted by molar-refractivity contribution is 0.0878. The highest BCUT2D eigenvalue weighted by atomic mass is 16.1. The highest BCUT2D eigenvalue weighted by Crippen LogP contribution is 2.26. The predicted octanol–water partition coefficient (Wildman–Crippen LogP) is 3.42. The van der Waals surface area contributed by atoms with Crippen molar-refractivity contribution in [2.24, 2.45) is 0 Å². The number of hydrogen-bond donors (Lipinski definition) is 0. The van der Waals surface area contributed by atoms with Crippen molar-refractivity contribution in [3.05, 3.63) is 60.2 Å². The molecule has 3 aromatic carbocycles. The summed E-state index contributed by atoms with van der Waals surface area (Å²) in [6, 6.07) is 18.7. The molecule has 0 spiro atoms. The van der Waals surface area contributed by atoms with Gasteiger partial charge in [0, 0.05) is 31.7 Å². The van der Waals surface area contributed by atoms with Crippen LogP contribution in [0.3, 0.4) is 0 Å². The lowest BCUT2D eigenvalue weighted by atomic mass is 9.97. The van der Waals surface area contributed by atoms with Crippen LogP contribution in [-0.2, 0) is 0 Å². The van der Waals surface area contributed by atoms with E-state index in [0.29, 0.717) is 6.54 Å². The fourth-order valence-corrected chi connectivity index (χ4v) is 3.50. The van der Waals surface area contributed by atoms with Crippen LogP contribution in [0.5, 0.6) is 0 Å². The van der Waals surface area contributed by atoms with E-state index in [1.54, 1.807) is 0 Å². The summed E-state index contributed by atoms with van der Waals surface area (Å²) < 4.78 is 0. The average molecular weight is 318 g/mol. The first-order chi connectivity index (χ1) is 11.7. The Balaban J connectivity index is 1.68. The van der Waals surface area contributed by atoms with E-state index in [0.717, 1.165) is 42.5 Å². The number of carbonyl (C=O) groups excluding carboxylic acids is 1. The number of piperazine rings is 1. The molecule has 0 aromatic heterocycles. The maximum Gasteiger partial charge on any atom is 0.177 e. The van der Waals surface area contributed by atoms with Crippen LogP contribution in [0.4, 0.5) is 0 Å². The predicted molar refractivity (Wildman–Crippen MR) is 99.7 cm³/mol. The van der Waals surface area contributed by atoms with Gasteiger partial charge in [0.05, 0.1) is 6.54 Å². The molecule has 1 fully saturated rings. The number of fused-ring (bicyclic) bond motifs is 2. The lowest BCUT2D eigenvalue weighted by Crippen LogP contribution is -2.46. The normalized spacial score (nSPS) is 16.7. The van der Waals surface area contributed by atoms with Crippen molar-refractivity contribution in [2.75, 3.05) is 39.8 Å². The molecule has 122 valence electrons. The Hall–Kier alpha value is -2.23. The quantitative estimate of drug-likeness (QED) is 0.546. The Morgan fingerprint density at radius 3 is 2.29 bits per heavy atom. The van der Waals surface area contributed by atoms with Gasteiger partial charge in [-0.2, -0.15) is 0 Å². The molecule has 3 heteroatoms. The van der Waals surface area contributed by atoms with Gasteiger partial charge in [-0.15, -0.1) is 0 Å². The van der Waals surface area contributed by atoms with E-state index < -0.39 is 0 Å². The third-order valence-electron chi connectivity index (χ3n) is 5.01. The molecule has 0 saturated carbocycles. The van der Waals surface area contributed by atoms with Crippen LogP contribution in [0.1, 0.15) is 10.4 Å². The number of ketones is 1. The Labute approximate surface area is 142 Å². The standard InChI is InChI=1S/C21H22N2O/c1-22-9-11-23(12-10-22)15-21(24)19-8-4-7-18-13-16-5-2-3-6-17(16)14-20(18)19/h2-8,13-14H,9-12,15H2,1H3. The van der Waals surface area contributed by atoms with Crippen LogP contribution in [0.15, 0.2) is 54.6 Å². The minimum atomic E-state index is 0.223. The zero-order chi connectivity index (χ0) is 16.5. The molecule has 4 rings (SSSR count). The number of hydrogen-bond acceptors (Lipinski definition) is 3. The second-order valence-electron chi connectivity index (χ2n) is 6.73. The molecule has 0 amide bonds. The van der Waals surface area contributed by atoms with Gasteiger partial charge in [-0.1, -0.05) is 42.5 Å². The minimum Gasteiger partial charge on any atom is -0.304 e. The van der Waals surface area contributed by atoms with Gasteiger partial charge in [0.25, 0.3) is 0 Å². The summed E-state index contributed by atoms with van der Waals surface area (Å²) in [5.74, 6) is 0.223. The highest BCUT2D eigenvalue weighted by molar-refractivity contribution is 6.12. The monoisotopic (exact) mass is 318 g/mol. The van der Waals surface area contributed by atoms with Crippen molar-refractivity contribution in [3.8, 4) is 0 Å².